The first-order valence-electron chi connectivity index (χ1n) is 19.4. The zero-order chi connectivity index (χ0) is 37.7. The molecule has 1 aromatic heterocycles. The summed E-state index contributed by atoms with van der Waals surface area (Å²) in [6.45, 7) is 0. The minimum Gasteiger partial charge on any atom is -0.309 e. The SMILES string of the molecule is c1ccc(-c2ccc(-c3ccc4c(c3)Sc3ccccc3N4c3ccc(-c4ccc(-c5ccc6c(c5)c5ccccc5n6-c5ccccc5)cc4)cc3)cc2)cc1. The molecule has 0 unspecified atom stereocenters. The second-order valence-electron chi connectivity index (χ2n) is 14.6. The van der Waals surface area contributed by atoms with Crippen LogP contribution in [0.15, 0.2) is 228 Å². The first kappa shape index (κ1) is 33.3. The zero-order valence-corrected chi connectivity index (χ0v) is 31.9. The lowest BCUT2D eigenvalue weighted by Crippen LogP contribution is -2.14. The summed E-state index contributed by atoms with van der Waals surface area (Å²) in [6, 6.07) is 79.3. The average Bonchev–Trinajstić information content (AvgIpc) is 3.62. The van der Waals surface area contributed by atoms with Crippen LogP contribution in [0.2, 0.25) is 0 Å². The van der Waals surface area contributed by atoms with Gasteiger partial charge in [0.15, 0.2) is 0 Å². The maximum absolute atomic E-state index is 2.40. The first-order chi connectivity index (χ1) is 28.2. The molecule has 0 saturated carbocycles. The number of aromatic nitrogens is 1. The molecule has 0 amide bonds. The molecule has 3 heteroatoms. The quantitative estimate of drug-likeness (QED) is 0.168. The van der Waals surface area contributed by atoms with Gasteiger partial charge in [-0.3, -0.25) is 0 Å². The van der Waals surface area contributed by atoms with Crippen LogP contribution in [-0.4, -0.2) is 4.57 Å². The maximum atomic E-state index is 2.40. The van der Waals surface area contributed by atoms with Gasteiger partial charge in [-0.1, -0.05) is 163 Å². The minimum absolute atomic E-state index is 1.15. The highest BCUT2D eigenvalue weighted by Crippen LogP contribution is 2.52. The monoisotopic (exact) mass is 744 g/mol. The Bertz CT molecular complexity index is 3060. The third kappa shape index (κ3) is 5.92. The third-order valence-electron chi connectivity index (χ3n) is 11.2. The van der Waals surface area contributed by atoms with Gasteiger partial charge in [-0.25, -0.2) is 0 Å². The van der Waals surface area contributed by atoms with Crippen molar-refractivity contribution in [3.05, 3.63) is 218 Å². The Morgan fingerprint density at radius 2 is 0.754 bits per heavy atom. The van der Waals surface area contributed by atoms with Crippen molar-refractivity contribution >= 4 is 50.6 Å². The summed E-state index contributed by atoms with van der Waals surface area (Å²) < 4.78 is 2.37. The van der Waals surface area contributed by atoms with Gasteiger partial charge in [-0.2, -0.15) is 0 Å². The van der Waals surface area contributed by atoms with E-state index in [-0.39, 0.29) is 0 Å². The lowest BCUT2D eigenvalue weighted by atomic mass is 9.98. The molecule has 0 saturated heterocycles. The van der Waals surface area contributed by atoms with Crippen LogP contribution in [0.25, 0.3) is 72.0 Å². The number of hydrogen-bond donors (Lipinski definition) is 0. The van der Waals surface area contributed by atoms with Crippen LogP contribution in [0.4, 0.5) is 17.1 Å². The lowest BCUT2D eigenvalue weighted by Gasteiger charge is -2.33. The van der Waals surface area contributed by atoms with Gasteiger partial charge in [0.05, 0.1) is 22.4 Å². The number of hydrogen-bond acceptors (Lipinski definition) is 2. The van der Waals surface area contributed by atoms with Crippen molar-refractivity contribution in [1.29, 1.82) is 0 Å². The molecular weight excluding hydrogens is 709 g/mol. The molecule has 9 aromatic carbocycles. The molecule has 0 fully saturated rings. The Kier molecular flexibility index (Phi) is 8.12. The molecule has 2 heterocycles. The molecule has 0 radical (unpaired) electrons. The van der Waals surface area contributed by atoms with Crippen LogP contribution in [0.1, 0.15) is 0 Å². The molecule has 1 aliphatic rings. The van der Waals surface area contributed by atoms with Crippen LogP contribution < -0.4 is 4.90 Å². The second-order valence-corrected chi connectivity index (χ2v) is 15.7. The van der Waals surface area contributed by atoms with E-state index in [0.29, 0.717) is 0 Å². The van der Waals surface area contributed by atoms with Gasteiger partial charge < -0.3 is 9.47 Å². The highest BCUT2D eigenvalue weighted by atomic mass is 32.2. The van der Waals surface area contributed by atoms with Gasteiger partial charge in [-0.15, -0.1) is 0 Å². The van der Waals surface area contributed by atoms with E-state index in [2.05, 4.69) is 228 Å². The van der Waals surface area contributed by atoms with Crippen molar-refractivity contribution in [3.63, 3.8) is 0 Å². The van der Waals surface area contributed by atoms with E-state index >= 15 is 0 Å². The Morgan fingerprint density at radius 3 is 1.46 bits per heavy atom. The van der Waals surface area contributed by atoms with Gasteiger partial charge in [0, 0.05) is 31.9 Å². The van der Waals surface area contributed by atoms with E-state index in [9.17, 15) is 0 Å². The minimum atomic E-state index is 1.15. The summed E-state index contributed by atoms with van der Waals surface area (Å²) in [5.41, 5.74) is 16.9. The molecular formula is C54H36N2S. The summed E-state index contributed by atoms with van der Waals surface area (Å²) in [5.74, 6) is 0. The number of fused-ring (bicyclic) bond motifs is 5. The normalized spacial score (nSPS) is 12.1. The average molecular weight is 745 g/mol. The van der Waals surface area contributed by atoms with E-state index in [4.69, 9.17) is 0 Å². The van der Waals surface area contributed by atoms with Crippen molar-refractivity contribution in [2.45, 2.75) is 9.79 Å². The Morgan fingerprint density at radius 1 is 0.281 bits per heavy atom. The third-order valence-corrected chi connectivity index (χ3v) is 12.3. The summed E-state index contributed by atoms with van der Waals surface area (Å²) >= 11 is 1.85. The van der Waals surface area contributed by atoms with Gasteiger partial charge in [0.1, 0.15) is 0 Å². The number of anilines is 3. The van der Waals surface area contributed by atoms with Gasteiger partial charge in [0.25, 0.3) is 0 Å². The fraction of sp³-hybridized carbons (Fsp3) is 0. The molecule has 57 heavy (non-hydrogen) atoms. The summed E-state index contributed by atoms with van der Waals surface area (Å²) in [4.78, 5) is 4.91. The van der Waals surface area contributed by atoms with E-state index in [1.165, 1.54) is 93.2 Å². The van der Waals surface area contributed by atoms with E-state index < -0.39 is 0 Å². The summed E-state index contributed by atoms with van der Waals surface area (Å²) in [7, 11) is 0. The van der Waals surface area contributed by atoms with Crippen molar-refractivity contribution in [2.75, 3.05) is 4.90 Å². The van der Waals surface area contributed by atoms with Crippen molar-refractivity contribution < 1.29 is 0 Å². The Labute approximate surface area is 336 Å². The largest absolute Gasteiger partial charge is 0.309 e. The predicted molar refractivity (Wildman–Crippen MR) is 241 cm³/mol. The summed E-state index contributed by atoms with van der Waals surface area (Å²) in [6.07, 6.45) is 0. The fourth-order valence-electron chi connectivity index (χ4n) is 8.37. The smallest absolute Gasteiger partial charge is 0.0602 e. The fourth-order valence-corrected chi connectivity index (χ4v) is 9.46. The van der Waals surface area contributed by atoms with Crippen molar-refractivity contribution in [3.8, 4) is 50.2 Å². The Hall–Kier alpha value is -7.07. The van der Waals surface area contributed by atoms with Crippen molar-refractivity contribution in [1.82, 2.24) is 4.57 Å². The molecule has 268 valence electrons. The number of nitrogens with zero attached hydrogens (tertiary/aromatic N) is 2. The standard InChI is InChI=1S/C54H36N2S/c1-3-11-37(12-4-1)38-19-25-42(26-20-38)44-30-34-52-54(36-44)57-53-18-10-9-17-51(53)56(52)46-31-27-40(28-32-46)39-21-23-41(24-22-39)43-29-33-50-48(35-43)47-15-7-8-16-49(47)55(50)45-13-5-2-6-14-45/h1-36H. The van der Waals surface area contributed by atoms with Crippen LogP contribution in [0, 0.1) is 0 Å². The topological polar surface area (TPSA) is 8.17 Å². The van der Waals surface area contributed by atoms with Gasteiger partial charge >= 0.3 is 0 Å². The van der Waals surface area contributed by atoms with Crippen molar-refractivity contribution in [2.24, 2.45) is 0 Å². The molecule has 0 atom stereocenters. The van der Waals surface area contributed by atoms with Crippen LogP contribution >= 0.6 is 11.8 Å². The molecule has 2 nitrogen and oxygen atoms in total. The number of rotatable bonds is 6. The van der Waals surface area contributed by atoms with E-state index in [1.54, 1.807) is 0 Å². The predicted octanol–water partition coefficient (Wildman–Crippen LogP) is 15.4. The second kappa shape index (κ2) is 13.9. The van der Waals surface area contributed by atoms with E-state index in [1.807, 2.05) is 11.8 Å². The van der Waals surface area contributed by atoms with Crippen LogP contribution in [0.3, 0.4) is 0 Å². The lowest BCUT2D eigenvalue weighted by molar-refractivity contribution is 1.17. The van der Waals surface area contributed by atoms with Gasteiger partial charge in [-0.05, 0) is 111 Å². The summed E-state index contributed by atoms with van der Waals surface area (Å²) in [5, 5.41) is 2.53. The highest BCUT2D eigenvalue weighted by molar-refractivity contribution is 7.99. The maximum Gasteiger partial charge on any atom is 0.0602 e. The molecule has 0 bridgehead atoms. The molecule has 0 N–H and O–H groups in total. The molecule has 1 aliphatic heterocycles. The molecule has 0 spiro atoms. The van der Waals surface area contributed by atoms with Crippen LogP contribution in [-0.2, 0) is 0 Å². The van der Waals surface area contributed by atoms with E-state index in [0.717, 1.165) is 5.69 Å². The molecule has 10 aromatic rings. The first-order valence-corrected chi connectivity index (χ1v) is 20.2. The number of benzene rings is 9. The van der Waals surface area contributed by atoms with Gasteiger partial charge in [0.2, 0.25) is 0 Å². The molecule has 0 aliphatic carbocycles. The highest BCUT2D eigenvalue weighted by Gasteiger charge is 2.25. The zero-order valence-electron chi connectivity index (χ0n) is 31.1. The van der Waals surface area contributed by atoms with Crippen LogP contribution in [0.5, 0.6) is 0 Å². The Balaban J connectivity index is 0.885. The molecule has 11 rings (SSSR count). The number of para-hydroxylation sites is 3.